The molecule has 0 radical (unpaired) electrons. The summed E-state index contributed by atoms with van der Waals surface area (Å²) in [6.45, 7) is 10.1. The average Bonchev–Trinajstić information content (AvgIpc) is 3.40. The molecule has 0 aliphatic rings. The van der Waals surface area contributed by atoms with Crippen LogP contribution in [0.3, 0.4) is 0 Å². The number of hydrogen-bond donors (Lipinski definition) is 0. The predicted octanol–water partition coefficient (Wildman–Crippen LogP) is 5.93. The van der Waals surface area contributed by atoms with E-state index in [0.717, 1.165) is 31.5 Å². The topological polar surface area (TPSA) is 64.0 Å². The predicted molar refractivity (Wildman–Crippen MR) is 155 cm³/mol. The summed E-state index contributed by atoms with van der Waals surface area (Å²) in [6.07, 6.45) is 4.62. The Morgan fingerprint density at radius 1 is 0.974 bits per heavy atom. The van der Waals surface area contributed by atoms with Gasteiger partial charge in [0.25, 0.3) is 5.91 Å². The van der Waals surface area contributed by atoms with Crippen LogP contribution in [0, 0.1) is 6.92 Å². The number of rotatable bonds is 14. The Morgan fingerprint density at radius 3 is 2.38 bits per heavy atom. The van der Waals surface area contributed by atoms with Gasteiger partial charge in [0.1, 0.15) is 6.54 Å². The number of hydrogen-bond acceptors (Lipinski definition) is 4. The van der Waals surface area contributed by atoms with Crippen molar-refractivity contribution in [3.05, 3.63) is 83.2 Å². The Hall–Kier alpha value is -3.74. The van der Waals surface area contributed by atoms with Crippen LogP contribution in [0.15, 0.2) is 60.8 Å². The summed E-state index contributed by atoms with van der Waals surface area (Å²) in [4.78, 5) is 31.0. The SMILES string of the molecule is CCCCN(CC(=O)N(Cc1cccn1Cc1ccccc1C)C(C)CC)C(=O)c1ccc(OC)c(OC)c1. The van der Waals surface area contributed by atoms with E-state index < -0.39 is 0 Å². The Morgan fingerprint density at radius 2 is 1.72 bits per heavy atom. The molecule has 0 spiro atoms. The van der Waals surface area contributed by atoms with Crippen LogP contribution in [0.5, 0.6) is 11.5 Å². The summed E-state index contributed by atoms with van der Waals surface area (Å²) in [5, 5.41) is 0. The van der Waals surface area contributed by atoms with Crippen LogP contribution in [-0.4, -0.2) is 59.5 Å². The largest absolute Gasteiger partial charge is 0.493 e. The van der Waals surface area contributed by atoms with Crippen molar-refractivity contribution in [2.45, 2.75) is 66.1 Å². The van der Waals surface area contributed by atoms with Crippen molar-refractivity contribution < 1.29 is 19.1 Å². The van der Waals surface area contributed by atoms with Crippen LogP contribution < -0.4 is 9.47 Å². The lowest BCUT2D eigenvalue weighted by atomic mass is 10.1. The van der Waals surface area contributed by atoms with E-state index in [-0.39, 0.29) is 24.4 Å². The number of benzene rings is 2. The summed E-state index contributed by atoms with van der Waals surface area (Å²) in [5.41, 5.74) is 4.03. The smallest absolute Gasteiger partial charge is 0.254 e. The second kappa shape index (κ2) is 14.4. The van der Waals surface area contributed by atoms with Crippen molar-refractivity contribution in [1.29, 1.82) is 0 Å². The third-order valence-corrected chi connectivity index (χ3v) is 7.33. The highest BCUT2D eigenvalue weighted by atomic mass is 16.5. The fourth-order valence-corrected chi connectivity index (χ4v) is 4.61. The van der Waals surface area contributed by atoms with E-state index in [0.29, 0.717) is 30.2 Å². The molecule has 0 bridgehead atoms. The van der Waals surface area contributed by atoms with Gasteiger partial charge in [0.2, 0.25) is 5.91 Å². The van der Waals surface area contributed by atoms with Crippen LogP contribution in [0.1, 0.15) is 67.2 Å². The number of methoxy groups -OCH3 is 2. The number of aryl methyl sites for hydroxylation is 1. The fraction of sp³-hybridized carbons (Fsp3) is 0.438. The van der Waals surface area contributed by atoms with Crippen molar-refractivity contribution in [1.82, 2.24) is 14.4 Å². The molecule has 1 unspecified atom stereocenters. The first-order valence-corrected chi connectivity index (χ1v) is 13.8. The van der Waals surface area contributed by atoms with Crippen LogP contribution in [0.25, 0.3) is 0 Å². The highest BCUT2D eigenvalue weighted by Gasteiger charge is 2.26. The van der Waals surface area contributed by atoms with E-state index in [2.05, 4.69) is 62.7 Å². The number of carbonyl (C=O) groups excluding carboxylic acids is 2. The Labute approximate surface area is 233 Å². The molecule has 2 amide bonds. The van der Waals surface area contributed by atoms with E-state index >= 15 is 0 Å². The molecule has 0 saturated carbocycles. The van der Waals surface area contributed by atoms with E-state index in [1.807, 2.05) is 17.0 Å². The van der Waals surface area contributed by atoms with Gasteiger partial charge in [-0.15, -0.1) is 0 Å². The molecule has 1 aromatic heterocycles. The molecular weight excluding hydrogens is 490 g/mol. The molecule has 1 atom stereocenters. The van der Waals surface area contributed by atoms with Crippen molar-refractivity contribution in [2.24, 2.45) is 0 Å². The molecule has 0 aliphatic heterocycles. The molecule has 0 aliphatic carbocycles. The second-order valence-corrected chi connectivity index (χ2v) is 9.98. The van der Waals surface area contributed by atoms with Gasteiger partial charge in [-0.25, -0.2) is 0 Å². The van der Waals surface area contributed by atoms with E-state index in [1.165, 1.54) is 11.1 Å². The summed E-state index contributed by atoms with van der Waals surface area (Å²) < 4.78 is 12.9. The number of amides is 2. The van der Waals surface area contributed by atoms with Gasteiger partial charge < -0.3 is 23.8 Å². The molecule has 7 heteroatoms. The number of carbonyl (C=O) groups is 2. The average molecular weight is 534 g/mol. The Balaban J connectivity index is 1.82. The number of nitrogens with zero attached hydrogens (tertiary/aromatic N) is 3. The maximum Gasteiger partial charge on any atom is 0.254 e. The quantitative estimate of drug-likeness (QED) is 0.258. The highest BCUT2D eigenvalue weighted by molar-refractivity contribution is 5.97. The Kier molecular flexibility index (Phi) is 11.0. The van der Waals surface area contributed by atoms with Gasteiger partial charge in [0.15, 0.2) is 11.5 Å². The van der Waals surface area contributed by atoms with Crippen LogP contribution in [0.2, 0.25) is 0 Å². The Bertz CT molecular complexity index is 1240. The minimum atomic E-state index is -0.190. The fourth-order valence-electron chi connectivity index (χ4n) is 4.61. The summed E-state index contributed by atoms with van der Waals surface area (Å²) >= 11 is 0. The van der Waals surface area contributed by atoms with Crippen LogP contribution in [0.4, 0.5) is 0 Å². The van der Waals surface area contributed by atoms with Crippen LogP contribution >= 0.6 is 0 Å². The first-order chi connectivity index (χ1) is 18.8. The van der Waals surface area contributed by atoms with Gasteiger partial charge >= 0.3 is 0 Å². The van der Waals surface area contributed by atoms with Crippen molar-refractivity contribution in [3.63, 3.8) is 0 Å². The normalized spacial score (nSPS) is 11.6. The van der Waals surface area contributed by atoms with E-state index in [4.69, 9.17) is 9.47 Å². The maximum absolute atomic E-state index is 13.8. The third kappa shape index (κ3) is 7.65. The van der Waals surface area contributed by atoms with E-state index in [1.54, 1.807) is 37.3 Å². The lowest BCUT2D eigenvalue weighted by Gasteiger charge is -2.32. The molecule has 3 aromatic rings. The second-order valence-electron chi connectivity index (χ2n) is 9.98. The molecule has 3 rings (SSSR count). The standard InChI is InChI=1S/C32H43N3O4/c1-7-9-18-34(32(37)26-16-17-29(38-5)30(20-26)39-6)23-31(36)35(25(4)8-2)22-28-15-12-19-33(28)21-27-14-11-10-13-24(27)3/h10-17,19-20,25H,7-9,18,21-23H2,1-6H3. The lowest BCUT2D eigenvalue weighted by Crippen LogP contribution is -2.46. The minimum absolute atomic E-state index is 0.0238. The molecule has 2 aromatic carbocycles. The van der Waals surface area contributed by atoms with Gasteiger partial charge in [-0.1, -0.05) is 44.5 Å². The van der Waals surface area contributed by atoms with E-state index in [9.17, 15) is 9.59 Å². The molecular formula is C32H43N3O4. The molecule has 0 saturated heterocycles. The molecule has 0 N–H and O–H groups in total. The molecule has 7 nitrogen and oxygen atoms in total. The van der Waals surface area contributed by atoms with Gasteiger partial charge in [-0.2, -0.15) is 0 Å². The molecule has 210 valence electrons. The molecule has 39 heavy (non-hydrogen) atoms. The van der Waals surface area contributed by atoms with Crippen molar-refractivity contribution >= 4 is 11.8 Å². The summed E-state index contributed by atoms with van der Waals surface area (Å²) in [5.74, 6) is 0.797. The third-order valence-electron chi connectivity index (χ3n) is 7.33. The molecule has 0 fully saturated rings. The van der Waals surface area contributed by atoms with Crippen molar-refractivity contribution in [2.75, 3.05) is 27.3 Å². The number of unbranched alkanes of at least 4 members (excludes halogenated alkanes) is 1. The zero-order valence-corrected chi connectivity index (χ0v) is 24.3. The van der Waals surface area contributed by atoms with Gasteiger partial charge in [0, 0.05) is 36.6 Å². The minimum Gasteiger partial charge on any atom is -0.493 e. The first kappa shape index (κ1) is 29.8. The summed E-state index contributed by atoms with van der Waals surface area (Å²) in [6, 6.07) is 17.6. The van der Waals surface area contributed by atoms with Crippen LogP contribution in [-0.2, 0) is 17.9 Å². The zero-order valence-electron chi connectivity index (χ0n) is 24.3. The lowest BCUT2D eigenvalue weighted by molar-refractivity contribution is -0.134. The monoisotopic (exact) mass is 533 g/mol. The van der Waals surface area contributed by atoms with Gasteiger partial charge in [-0.3, -0.25) is 9.59 Å². The zero-order chi connectivity index (χ0) is 28.4. The molecule has 1 heterocycles. The number of ether oxygens (including phenoxy) is 2. The summed E-state index contributed by atoms with van der Waals surface area (Å²) in [7, 11) is 3.11. The van der Waals surface area contributed by atoms with Gasteiger partial charge in [0.05, 0.1) is 20.8 Å². The highest BCUT2D eigenvalue weighted by Crippen LogP contribution is 2.28. The van der Waals surface area contributed by atoms with Crippen molar-refractivity contribution in [3.8, 4) is 11.5 Å². The number of aromatic nitrogens is 1. The first-order valence-electron chi connectivity index (χ1n) is 13.8. The van der Waals surface area contributed by atoms with Gasteiger partial charge in [-0.05, 0) is 68.1 Å². The maximum atomic E-state index is 13.8.